The Morgan fingerprint density at radius 3 is 3.00 bits per heavy atom. The topological polar surface area (TPSA) is 65.1 Å². The van der Waals surface area contributed by atoms with Crippen LogP contribution in [0.4, 0.5) is 0 Å². The van der Waals surface area contributed by atoms with Crippen LogP contribution in [0, 0.1) is 3.57 Å². The largest absolute Gasteiger partial charge is 0.436 e. The van der Waals surface area contributed by atoms with Gasteiger partial charge in [-0.25, -0.2) is 0 Å². The van der Waals surface area contributed by atoms with Gasteiger partial charge in [-0.3, -0.25) is 14.2 Å². The first-order chi connectivity index (χ1) is 10.6. The lowest BCUT2D eigenvalue weighted by molar-refractivity contribution is 0.551. The number of thioether (sulfide) groups is 1. The molecule has 1 aliphatic heterocycles. The van der Waals surface area contributed by atoms with E-state index in [4.69, 9.17) is 4.42 Å². The fourth-order valence-electron chi connectivity index (χ4n) is 2.54. The van der Waals surface area contributed by atoms with Gasteiger partial charge in [-0.2, -0.15) is 4.98 Å². The second-order valence-electron chi connectivity index (χ2n) is 4.93. The zero-order valence-electron chi connectivity index (χ0n) is 11.1. The van der Waals surface area contributed by atoms with Gasteiger partial charge in [0, 0.05) is 16.8 Å². The van der Waals surface area contributed by atoms with Gasteiger partial charge in [-0.15, -0.1) is 0 Å². The summed E-state index contributed by atoms with van der Waals surface area (Å²) in [6, 6.07) is 3.54. The van der Waals surface area contributed by atoms with Crippen LogP contribution in [-0.2, 0) is 6.54 Å². The molecule has 5 nitrogen and oxygen atoms in total. The number of nitrogens with zero attached hydrogens (tertiary/aromatic N) is 2. The summed E-state index contributed by atoms with van der Waals surface area (Å²) >= 11 is 6.99. The molecular weight excluding hydrogens is 483 g/mol. The minimum atomic E-state index is -0.321. The van der Waals surface area contributed by atoms with Gasteiger partial charge in [0.05, 0.1) is 8.96 Å². The molecule has 0 amide bonds. The summed E-state index contributed by atoms with van der Waals surface area (Å²) in [6.45, 7) is 0.595. The third kappa shape index (κ3) is 2.15. The molecule has 1 aromatic carbocycles. The van der Waals surface area contributed by atoms with Crippen LogP contribution in [0.5, 0.6) is 0 Å². The van der Waals surface area contributed by atoms with Gasteiger partial charge in [0.15, 0.2) is 16.1 Å². The van der Waals surface area contributed by atoms with Gasteiger partial charge in [0.25, 0.3) is 5.56 Å². The summed E-state index contributed by atoms with van der Waals surface area (Å²) in [5.41, 5.74) is -0.0287. The molecule has 112 valence electrons. The highest BCUT2D eigenvalue weighted by molar-refractivity contribution is 14.1. The minimum absolute atomic E-state index is 0.0349. The Hall–Kier alpha value is -0.870. The number of halogens is 2. The lowest BCUT2D eigenvalue weighted by Gasteiger charge is -2.16. The molecule has 0 bridgehead atoms. The molecule has 3 heterocycles. The van der Waals surface area contributed by atoms with Crippen LogP contribution in [0.15, 0.2) is 35.8 Å². The van der Waals surface area contributed by atoms with Gasteiger partial charge >= 0.3 is 0 Å². The monoisotopic (exact) mass is 490 g/mol. The Balaban J connectivity index is 2.24. The summed E-state index contributed by atoms with van der Waals surface area (Å²) in [7, 11) is 0. The van der Waals surface area contributed by atoms with Crippen LogP contribution in [0.2, 0.25) is 0 Å². The lowest BCUT2D eigenvalue weighted by Crippen LogP contribution is -2.29. The lowest BCUT2D eigenvalue weighted by atomic mass is 10.2. The van der Waals surface area contributed by atoms with Crippen molar-refractivity contribution in [2.24, 2.45) is 0 Å². The second kappa shape index (κ2) is 5.34. The first-order valence-corrected chi connectivity index (χ1v) is 9.41. The van der Waals surface area contributed by atoms with Crippen LogP contribution in [0.1, 0.15) is 6.42 Å². The number of benzene rings is 1. The zero-order chi connectivity index (χ0) is 15.4. The Labute approximate surface area is 150 Å². The fourth-order valence-corrected chi connectivity index (χ4v) is 5.10. The number of hydrogen-bond acceptors (Lipinski definition) is 5. The average molecular weight is 491 g/mol. The molecule has 0 unspecified atom stereocenters. The average Bonchev–Trinajstić information content (AvgIpc) is 2.49. The van der Waals surface area contributed by atoms with Crippen molar-refractivity contribution in [1.82, 2.24) is 9.55 Å². The highest BCUT2D eigenvalue weighted by atomic mass is 127. The Kier molecular flexibility index (Phi) is 3.57. The quantitative estimate of drug-likeness (QED) is 0.274. The summed E-state index contributed by atoms with van der Waals surface area (Å²) in [6.07, 6.45) is 0.896. The zero-order valence-corrected chi connectivity index (χ0v) is 15.6. The molecule has 2 aromatic heterocycles. The van der Waals surface area contributed by atoms with E-state index in [1.54, 1.807) is 10.6 Å². The molecule has 0 N–H and O–H groups in total. The van der Waals surface area contributed by atoms with Crippen molar-refractivity contribution < 1.29 is 4.42 Å². The van der Waals surface area contributed by atoms with Gasteiger partial charge in [0.2, 0.25) is 11.1 Å². The summed E-state index contributed by atoms with van der Waals surface area (Å²) in [4.78, 5) is 29.8. The van der Waals surface area contributed by atoms with Crippen molar-refractivity contribution >= 4 is 72.4 Å². The first kappa shape index (κ1) is 14.7. The van der Waals surface area contributed by atoms with E-state index in [0.29, 0.717) is 22.7 Å². The van der Waals surface area contributed by atoms with Crippen LogP contribution in [0.3, 0.4) is 0 Å². The van der Waals surface area contributed by atoms with Gasteiger partial charge < -0.3 is 4.42 Å². The van der Waals surface area contributed by atoms with Crippen molar-refractivity contribution in [2.45, 2.75) is 18.1 Å². The van der Waals surface area contributed by atoms with Crippen molar-refractivity contribution in [1.29, 1.82) is 0 Å². The van der Waals surface area contributed by atoms with E-state index in [9.17, 15) is 9.59 Å². The molecule has 0 atom stereocenters. The predicted molar refractivity (Wildman–Crippen MR) is 97.8 cm³/mol. The van der Waals surface area contributed by atoms with Gasteiger partial charge in [-0.1, -0.05) is 27.7 Å². The Bertz CT molecular complexity index is 1060. The summed E-state index contributed by atoms with van der Waals surface area (Å²) in [5, 5.41) is 1.06. The maximum Gasteiger partial charge on any atom is 0.269 e. The second-order valence-corrected chi connectivity index (χ2v) is 8.07. The van der Waals surface area contributed by atoms with E-state index < -0.39 is 0 Å². The van der Waals surface area contributed by atoms with Crippen LogP contribution >= 0.6 is 50.3 Å². The van der Waals surface area contributed by atoms with E-state index in [1.807, 2.05) is 6.07 Å². The standard InChI is InChI=1S/C14H8BrIN2O3S/c15-6-4-7-10(19)9-12(21-11(7)8(16)5-6)17-14-18(13(9)20)2-1-3-22-14/h4-5H,1-3H2. The van der Waals surface area contributed by atoms with Crippen molar-refractivity contribution in [3.63, 3.8) is 0 Å². The molecular formula is C14H8BrIN2O3S. The van der Waals surface area contributed by atoms with E-state index in [-0.39, 0.29) is 22.1 Å². The molecule has 0 fully saturated rings. The Morgan fingerprint density at radius 1 is 1.36 bits per heavy atom. The SMILES string of the molecule is O=c1c2cc(Br)cc(I)c2oc2nc3n(c(=O)c12)CCCS3. The van der Waals surface area contributed by atoms with Gasteiger partial charge in [0.1, 0.15) is 0 Å². The smallest absolute Gasteiger partial charge is 0.269 e. The molecule has 0 aliphatic carbocycles. The number of fused-ring (bicyclic) bond motifs is 3. The maximum atomic E-state index is 12.8. The number of hydrogen-bond donors (Lipinski definition) is 0. The van der Waals surface area contributed by atoms with Crippen LogP contribution in [0.25, 0.3) is 22.1 Å². The minimum Gasteiger partial charge on any atom is -0.436 e. The van der Waals surface area contributed by atoms with E-state index >= 15 is 0 Å². The predicted octanol–water partition coefficient (Wildman–Crippen LogP) is 3.37. The van der Waals surface area contributed by atoms with Crippen molar-refractivity contribution in [2.75, 3.05) is 5.75 Å². The molecule has 4 rings (SSSR count). The number of rotatable bonds is 0. The molecule has 0 saturated heterocycles. The van der Waals surface area contributed by atoms with E-state index in [2.05, 4.69) is 43.5 Å². The van der Waals surface area contributed by atoms with E-state index in [1.165, 1.54) is 11.8 Å². The summed E-state index contributed by atoms with van der Waals surface area (Å²) < 4.78 is 8.94. The molecule has 8 heteroatoms. The number of aromatic nitrogens is 2. The normalized spacial score (nSPS) is 14.5. The highest BCUT2D eigenvalue weighted by Gasteiger charge is 2.21. The molecule has 22 heavy (non-hydrogen) atoms. The molecule has 0 radical (unpaired) electrons. The van der Waals surface area contributed by atoms with Crippen LogP contribution in [-0.4, -0.2) is 15.3 Å². The van der Waals surface area contributed by atoms with Crippen molar-refractivity contribution in [3.8, 4) is 0 Å². The third-order valence-corrected chi connectivity index (χ3v) is 5.86. The maximum absolute atomic E-state index is 12.8. The molecule has 0 spiro atoms. The fraction of sp³-hybridized carbons (Fsp3) is 0.214. The van der Waals surface area contributed by atoms with Gasteiger partial charge in [-0.05, 0) is 41.1 Å². The van der Waals surface area contributed by atoms with Crippen LogP contribution < -0.4 is 11.0 Å². The molecule has 1 aliphatic rings. The molecule has 3 aromatic rings. The Morgan fingerprint density at radius 2 is 2.18 bits per heavy atom. The van der Waals surface area contributed by atoms with Crippen molar-refractivity contribution in [3.05, 3.63) is 40.8 Å². The third-order valence-electron chi connectivity index (χ3n) is 3.54. The first-order valence-electron chi connectivity index (χ1n) is 6.55. The summed E-state index contributed by atoms with van der Waals surface area (Å²) in [5.74, 6) is 0.917. The molecule has 0 saturated carbocycles. The van der Waals surface area contributed by atoms with E-state index in [0.717, 1.165) is 20.2 Å². The highest BCUT2D eigenvalue weighted by Crippen LogP contribution is 2.27.